The van der Waals surface area contributed by atoms with E-state index < -0.39 is 0 Å². The first kappa shape index (κ1) is 13.6. The van der Waals surface area contributed by atoms with Gasteiger partial charge in [0, 0.05) is 32.4 Å². The van der Waals surface area contributed by atoms with Crippen molar-refractivity contribution in [2.24, 2.45) is 0 Å². The number of halogens is 1. The van der Waals surface area contributed by atoms with Gasteiger partial charge in [-0.3, -0.25) is 0 Å². The highest BCUT2D eigenvalue weighted by Crippen LogP contribution is 2.12. The lowest BCUT2D eigenvalue weighted by atomic mass is 10.1. The maximum absolute atomic E-state index is 13.5. The van der Waals surface area contributed by atoms with Crippen LogP contribution in [0.15, 0.2) is 18.2 Å². The zero-order chi connectivity index (χ0) is 12.7. The lowest BCUT2D eigenvalue weighted by Crippen LogP contribution is -2.20. The summed E-state index contributed by atoms with van der Waals surface area (Å²) in [5.74, 6) is -0.261. The van der Waals surface area contributed by atoms with Crippen LogP contribution in [0.5, 0.6) is 0 Å². The molecule has 0 amide bonds. The smallest absolute Gasteiger partial charge is 0.127 e. The lowest BCUT2D eigenvalue weighted by Gasteiger charge is -2.16. The molecule has 0 aromatic heterocycles. The number of rotatable bonds is 6. The zero-order valence-corrected chi connectivity index (χ0v) is 10.2. The fraction of sp³-hybridized carbons (Fsp3) is 0.462. The molecular formula is C13H17FN2O. The first-order valence-corrected chi connectivity index (χ1v) is 5.53. The minimum absolute atomic E-state index is 0.261. The van der Waals surface area contributed by atoms with Crippen LogP contribution in [0.4, 0.5) is 4.39 Å². The molecule has 0 aliphatic rings. The molecule has 17 heavy (non-hydrogen) atoms. The highest BCUT2D eigenvalue weighted by Gasteiger charge is 2.06. The van der Waals surface area contributed by atoms with Gasteiger partial charge in [-0.2, -0.15) is 5.26 Å². The van der Waals surface area contributed by atoms with Crippen molar-refractivity contribution in [3.8, 4) is 6.07 Å². The Labute approximate surface area is 101 Å². The quantitative estimate of drug-likeness (QED) is 0.710. The number of nitrogens with zero attached hydrogens (tertiary/aromatic N) is 2. The summed E-state index contributed by atoms with van der Waals surface area (Å²) >= 11 is 0. The first-order chi connectivity index (χ1) is 8.17. The van der Waals surface area contributed by atoms with Gasteiger partial charge in [-0.25, -0.2) is 4.39 Å². The molecule has 0 N–H and O–H groups in total. The Morgan fingerprint density at radius 1 is 1.47 bits per heavy atom. The predicted octanol–water partition coefficient (Wildman–Crippen LogP) is 2.17. The van der Waals surface area contributed by atoms with E-state index in [1.165, 1.54) is 12.1 Å². The zero-order valence-electron chi connectivity index (χ0n) is 10.2. The van der Waals surface area contributed by atoms with Crippen LogP contribution in [0.2, 0.25) is 0 Å². The number of hydrogen-bond acceptors (Lipinski definition) is 3. The molecule has 0 spiro atoms. The van der Waals surface area contributed by atoms with Gasteiger partial charge in [0.15, 0.2) is 0 Å². The molecule has 0 saturated heterocycles. The molecule has 0 atom stereocenters. The van der Waals surface area contributed by atoms with Crippen LogP contribution in [-0.2, 0) is 11.3 Å². The number of nitriles is 1. The summed E-state index contributed by atoms with van der Waals surface area (Å²) in [6.45, 7) is 2.04. The van der Waals surface area contributed by atoms with E-state index in [-0.39, 0.29) is 5.82 Å². The normalized spacial score (nSPS) is 10.5. The topological polar surface area (TPSA) is 36.3 Å². The molecule has 92 valence electrons. The minimum Gasteiger partial charge on any atom is -0.385 e. The van der Waals surface area contributed by atoms with Gasteiger partial charge in [-0.15, -0.1) is 0 Å². The number of benzene rings is 1. The Balaban J connectivity index is 2.58. The molecule has 1 aromatic carbocycles. The second-order valence-electron chi connectivity index (χ2n) is 4.00. The largest absolute Gasteiger partial charge is 0.385 e. The molecular weight excluding hydrogens is 219 g/mol. The molecule has 0 bridgehead atoms. The van der Waals surface area contributed by atoms with Gasteiger partial charge in [-0.05, 0) is 31.7 Å². The van der Waals surface area contributed by atoms with E-state index in [9.17, 15) is 4.39 Å². The molecule has 0 radical (unpaired) electrons. The molecule has 4 heteroatoms. The second-order valence-corrected chi connectivity index (χ2v) is 4.00. The molecule has 0 heterocycles. The average Bonchev–Trinajstić information content (AvgIpc) is 2.32. The van der Waals surface area contributed by atoms with Crippen molar-refractivity contribution in [2.45, 2.75) is 13.0 Å². The van der Waals surface area contributed by atoms with Crippen LogP contribution >= 0.6 is 0 Å². The van der Waals surface area contributed by atoms with Crippen molar-refractivity contribution in [2.75, 3.05) is 27.3 Å². The third-order valence-electron chi connectivity index (χ3n) is 2.50. The van der Waals surface area contributed by atoms with Gasteiger partial charge in [0.2, 0.25) is 0 Å². The molecule has 3 nitrogen and oxygen atoms in total. The van der Waals surface area contributed by atoms with Crippen LogP contribution in [0.25, 0.3) is 0 Å². The van der Waals surface area contributed by atoms with E-state index in [2.05, 4.69) is 0 Å². The summed E-state index contributed by atoms with van der Waals surface area (Å²) in [4.78, 5) is 2.01. The van der Waals surface area contributed by atoms with Gasteiger partial charge in [-0.1, -0.05) is 0 Å². The summed E-state index contributed by atoms with van der Waals surface area (Å²) in [7, 11) is 3.59. The number of methoxy groups -OCH3 is 1. The van der Waals surface area contributed by atoms with Crippen molar-refractivity contribution >= 4 is 0 Å². The van der Waals surface area contributed by atoms with Gasteiger partial charge in [0.1, 0.15) is 5.82 Å². The van der Waals surface area contributed by atoms with E-state index >= 15 is 0 Å². The Bertz CT molecular complexity index is 401. The van der Waals surface area contributed by atoms with E-state index in [4.69, 9.17) is 10.00 Å². The first-order valence-electron chi connectivity index (χ1n) is 5.53. The van der Waals surface area contributed by atoms with Crippen LogP contribution in [0, 0.1) is 17.1 Å². The van der Waals surface area contributed by atoms with Crippen molar-refractivity contribution in [1.29, 1.82) is 5.26 Å². The van der Waals surface area contributed by atoms with Gasteiger partial charge < -0.3 is 9.64 Å². The molecule has 0 aliphatic heterocycles. The van der Waals surface area contributed by atoms with Crippen LogP contribution < -0.4 is 0 Å². The van der Waals surface area contributed by atoms with Crippen molar-refractivity contribution in [1.82, 2.24) is 4.90 Å². The Kier molecular flexibility index (Phi) is 5.61. The van der Waals surface area contributed by atoms with Crippen molar-refractivity contribution in [3.05, 3.63) is 35.1 Å². The minimum atomic E-state index is -0.261. The summed E-state index contributed by atoms with van der Waals surface area (Å²) < 4.78 is 18.5. The predicted molar refractivity (Wildman–Crippen MR) is 63.9 cm³/mol. The molecule has 1 rings (SSSR count). The van der Waals surface area contributed by atoms with Crippen LogP contribution in [0.1, 0.15) is 17.5 Å². The third-order valence-corrected chi connectivity index (χ3v) is 2.50. The number of ether oxygens (including phenoxy) is 1. The lowest BCUT2D eigenvalue weighted by molar-refractivity contribution is 0.178. The highest BCUT2D eigenvalue weighted by molar-refractivity contribution is 5.33. The number of hydrogen-bond donors (Lipinski definition) is 0. The average molecular weight is 236 g/mol. The Morgan fingerprint density at radius 3 is 2.88 bits per heavy atom. The molecule has 0 saturated carbocycles. The maximum atomic E-state index is 13.5. The summed E-state index contributed by atoms with van der Waals surface area (Å²) in [6, 6.07) is 6.45. The SMILES string of the molecule is COCCCN(C)Cc1cc(C#N)ccc1F. The summed E-state index contributed by atoms with van der Waals surface area (Å²) in [6.07, 6.45) is 0.909. The monoisotopic (exact) mass is 236 g/mol. The summed E-state index contributed by atoms with van der Waals surface area (Å²) in [5.41, 5.74) is 1.05. The van der Waals surface area contributed by atoms with E-state index in [0.29, 0.717) is 24.3 Å². The van der Waals surface area contributed by atoms with Gasteiger partial charge in [0.25, 0.3) is 0 Å². The van der Waals surface area contributed by atoms with Gasteiger partial charge in [0.05, 0.1) is 11.6 Å². The van der Waals surface area contributed by atoms with E-state index in [1.54, 1.807) is 13.2 Å². The van der Waals surface area contributed by atoms with Crippen molar-refractivity contribution in [3.63, 3.8) is 0 Å². The maximum Gasteiger partial charge on any atom is 0.127 e. The van der Waals surface area contributed by atoms with Gasteiger partial charge >= 0.3 is 0 Å². The molecule has 1 aromatic rings. The standard InChI is InChI=1S/C13H17FN2O/c1-16(6-3-7-17-2)10-12-8-11(9-15)4-5-13(12)14/h4-5,8H,3,6-7,10H2,1-2H3. The highest BCUT2D eigenvalue weighted by atomic mass is 19.1. The molecule has 0 unspecified atom stereocenters. The molecule has 0 aliphatic carbocycles. The van der Waals surface area contributed by atoms with E-state index in [1.807, 2.05) is 18.0 Å². The summed E-state index contributed by atoms with van der Waals surface area (Å²) in [5, 5.41) is 8.76. The third kappa shape index (κ3) is 4.51. The molecule has 0 fully saturated rings. The Morgan fingerprint density at radius 2 is 2.24 bits per heavy atom. The Hall–Kier alpha value is -1.44. The van der Waals surface area contributed by atoms with E-state index in [0.717, 1.165) is 13.0 Å². The van der Waals surface area contributed by atoms with Crippen LogP contribution in [-0.4, -0.2) is 32.2 Å². The second kappa shape index (κ2) is 7.00. The van der Waals surface area contributed by atoms with Crippen molar-refractivity contribution < 1.29 is 9.13 Å². The fourth-order valence-electron chi connectivity index (χ4n) is 1.61. The fourth-order valence-corrected chi connectivity index (χ4v) is 1.61. The van der Waals surface area contributed by atoms with Crippen LogP contribution in [0.3, 0.4) is 0 Å².